The van der Waals surface area contributed by atoms with Gasteiger partial charge >= 0.3 is 12.0 Å². The Bertz CT molecular complexity index is 616. The second-order valence-corrected chi connectivity index (χ2v) is 4.31. The number of hydrogen-bond donors (Lipinski definition) is 3. The van der Waals surface area contributed by atoms with Crippen LogP contribution in [0.3, 0.4) is 0 Å². The number of aromatic carboxylic acids is 1. The van der Waals surface area contributed by atoms with E-state index in [-0.39, 0.29) is 5.69 Å². The van der Waals surface area contributed by atoms with Crippen LogP contribution in [0, 0.1) is 5.82 Å². The smallest absolute Gasteiger partial charge is 0.338 e. The fraction of sp³-hybridized carbons (Fsp3) is 0. The van der Waals surface area contributed by atoms with E-state index < -0.39 is 23.4 Å². The van der Waals surface area contributed by atoms with Crippen molar-refractivity contribution in [2.45, 2.75) is 0 Å². The molecule has 2 amide bonds. The van der Waals surface area contributed by atoms with Crippen molar-refractivity contribution in [1.82, 2.24) is 4.98 Å². The van der Waals surface area contributed by atoms with E-state index in [1.807, 2.05) is 0 Å². The molecule has 98 valence electrons. The predicted molar refractivity (Wildman–Crippen MR) is 68.1 cm³/mol. The first-order chi connectivity index (χ1) is 9.06. The van der Waals surface area contributed by atoms with Crippen LogP contribution in [-0.2, 0) is 0 Å². The summed E-state index contributed by atoms with van der Waals surface area (Å²) in [4.78, 5) is 26.1. The highest BCUT2D eigenvalue weighted by atomic mass is 32.1. The largest absolute Gasteiger partial charge is 0.478 e. The summed E-state index contributed by atoms with van der Waals surface area (Å²) >= 11 is 1.24. The lowest BCUT2D eigenvalue weighted by Gasteiger charge is -2.06. The minimum absolute atomic E-state index is 0.174. The first-order valence-corrected chi connectivity index (χ1v) is 5.94. The summed E-state index contributed by atoms with van der Waals surface area (Å²) < 4.78 is 13.1. The van der Waals surface area contributed by atoms with Crippen molar-refractivity contribution < 1.29 is 19.1 Å². The number of carbonyl (C=O) groups is 2. The van der Waals surface area contributed by atoms with Gasteiger partial charge in [0, 0.05) is 17.3 Å². The van der Waals surface area contributed by atoms with Crippen molar-refractivity contribution >= 4 is 34.2 Å². The van der Waals surface area contributed by atoms with E-state index in [1.54, 1.807) is 5.38 Å². The average Bonchev–Trinajstić information content (AvgIpc) is 2.84. The summed E-state index contributed by atoms with van der Waals surface area (Å²) in [7, 11) is 0. The normalized spacial score (nSPS) is 9.95. The molecule has 3 N–H and O–H groups in total. The predicted octanol–water partition coefficient (Wildman–Crippen LogP) is 2.62. The van der Waals surface area contributed by atoms with Gasteiger partial charge in [-0.2, -0.15) is 0 Å². The molecule has 0 saturated carbocycles. The van der Waals surface area contributed by atoms with Crippen LogP contribution < -0.4 is 10.6 Å². The molecule has 0 aliphatic carbocycles. The molecule has 2 aromatic rings. The van der Waals surface area contributed by atoms with Gasteiger partial charge in [-0.05, 0) is 18.2 Å². The molecule has 1 heterocycles. The lowest BCUT2D eigenvalue weighted by Crippen LogP contribution is -2.19. The Kier molecular flexibility index (Phi) is 3.71. The van der Waals surface area contributed by atoms with Crippen molar-refractivity contribution in [2.24, 2.45) is 0 Å². The third kappa shape index (κ3) is 3.26. The quantitative estimate of drug-likeness (QED) is 0.806. The highest BCUT2D eigenvalue weighted by molar-refractivity contribution is 7.13. The number of carboxylic acid groups (broad SMARTS) is 1. The van der Waals surface area contributed by atoms with Crippen LogP contribution in [0.15, 0.2) is 29.8 Å². The average molecular weight is 281 g/mol. The number of benzene rings is 1. The van der Waals surface area contributed by atoms with Crippen LogP contribution in [0.4, 0.5) is 20.0 Å². The first-order valence-electron chi connectivity index (χ1n) is 5.06. The van der Waals surface area contributed by atoms with Crippen LogP contribution in [0.5, 0.6) is 0 Å². The fourth-order valence-electron chi connectivity index (χ4n) is 1.31. The first kappa shape index (κ1) is 13.0. The molecule has 0 unspecified atom stereocenters. The summed E-state index contributed by atoms with van der Waals surface area (Å²) in [6.07, 6.45) is 1.53. The van der Waals surface area contributed by atoms with Crippen LogP contribution in [0.2, 0.25) is 0 Å². The van der Waals surface area contributed by atoms with Crippen molar-refractivity contribution in [3.05, 3.63) is 41.2 Å². The number of halogens is 1. The number of thiazole rings is 1. The van der Waals surface area contributed by atoms with Gasteiger partial charge in [-0.1, -0.05) is 0 Å². The summed E-state index contributed by atoms with van der Waals surface area (Å²) in [5.41, 5.74) is -0.333. The van der Waals surface area contributed by atoms with E-state index in [4.69, 9.17) is 5.11 Å². The van der Waals surface area contributed by atoms with Crippen molar-refractivity contribution in [3.8, 4) is 0 Å². The number of hydrogen-bond acceptors (Lipinski definition) is 4. The van der Waals surface area contributed by atoms with Gasteiger partial charge in [0.15, 0.2) is 5.13 Å². The maximum Gasteiger partial charge on any atom is 0.338 e. The SMILES string of the molecule is O=C(Nc1ccc(F)c(C(=O)O)c1)Nc1nccs1. The van der Waals surface area contributed by atoms with E-state index in [1.165, 1.54) is 23.6 Å². The number of aromatic nitrogens is 1. The Morgan fingerprint density at radius 2 is 2.11 bits per heavy atom. The van der Waals surface area contributed by atoms with Gasteiger partial charge in [0.1, 0.15) is 5.82 Å². The molecule has 0 atom stereocenters. The standard InChI is InChI=1S/C11H8FN3O3S/c12-8-2-1-6(5-7(8)9(16)17)14-10(18)15-11-13-3-4-19-11/h1-5H,(H,16,17)(H2,13,14,15,18). The summed E-state index contributed by atoms with van der Waals surface area (Å²) in [6, 6.07) is 2.70. The van der Waals surface area contributed by atoms with E-state index in [9.17, 15) is 14.0 Å². The molecule has 0 aliphatic heterocycles. The molecule has 6 nitrogen and oxygen atoms in total. The zero-order chi connectivity index (χ0) is 13.8. The zero-order valence-electron chi connectivity index (χ0n) is 9.38. The second kappa shape index (κ2) is 5.44. The number of urea groups is 1. The minimum Gasteiger partial charge on any atom is -0.478 e. The highest BCUT2D eigenvalue weighted by Gasteiger charge is 2.12. The molecule has 0 spiro atoms. The van der Waals surface area contributed by atoms with E-state index >= 15 is 0 Å². The molecule has 0 saturated heterocycles. The molecule has 1 aromatic heterocycles. The van der Waals surface area contributed by atoms with Gasteiger partial charge in [-0.25, -0.2) is 19.0 Å². The van der Waals surface area contributed by atoms with Crippen LogP contribution >= 0.6 is 11.3 Å². The lowest BCUT2D eigenvalue weighted by molar-refractivity contribution is 0.0692. The van der Waals surface area contributed by atoms with Gasteiger partial charge in [-0.3, -0.25) is 5.32 Å². The number of amides is 2. The molecule has 0 radical (unpaired) electrons. The lowest BCUT2D eigenvalue weighted by atomic mass is 10.2. The maximum atomic E-state index is 13.1. The topological polar surface area (TPSA) is 91.3 Å². The zero-order valence-corrected chi connectivity index (χ0v) is 10.2. The third-order valence-corrected chi connectivity index (χ3v) is 2.80. The molecule has 2 rings (SSSR count). The summed E-state index contributed by atoms with van der Waals surface area (Å²) in [5.74, 6) is -2.26. The Hall–Kier alpha value is -2.48. The number of carboxylic acids is 1. The molecule has 19 heavy (non-hydrogen) atoms. The fourth-order valence-corrected chi connectivity index (χ4v) is 1.84. The monoisotopic (exact) mass is 281 g/mol. The second-order valence-electron chi connectivity index (χ2n) is 3.42. The van der Waals surface area contributed by atoms with Gasteiger partial charge < -0.3 is 10.4 Å². The number of anilines is 2. The van der Waals surface area contributed by atoms with Crippen molar-refractivity contribution in [2.75, 3.05) is 10.6 Å². The summed E-state index contributed by atoms with van der Waals surface area (Å²) in [6.45, 7) is 0. The van der Waals surface area contributed by atoms with E-state index in [2.05, 4.69) is 15.6 Å². The molecule has 0 aliphatic rings. The third-order valence-electron chi connectivity index (χ3n) is 2.11. The molecular weight excluding hydrogens is 273 g/mol. The Balaban J connectivity index is 2.09. The molecule has 0 fully saturated rings. The van der Waals surface area contributed by atoms with Crippen molar-refractivity contribution in [1.29, 1.82) is 0 Å². The van der Waals surface area contributed by atoms with Crippen molar-refractivity contribution in [3.63, 3.8) is 0 Å². The van der Waals surface area contributed by atoms with Crippen LogP contribution in [0.1, 0.15) is 10.4 Å². The van der Waals surface area contributed by atoms with Gasteiger partial charge in [0.2, 0.25) is 0 Å². The summed E-state index contributed by atoms with van der Waals surface area (Å²) in [5, 5.41) is 15.7. The van der Waals surface area contributed by atoms with Gasteiger partial charge in [-0.15, -0.1) is 11.3 Å². The molecule has 8 heteroatoms. The Morgan fingerprint density at radius 3 is 2.74 bits per heavy atom. The van der Waals surface area contributed by atoms with Crippen LogP contribution in [-0.4, -0.2) is 22.1 Å². The number of nitrogens with one attached hydrogen (secondary N) is 2. The molecular formula is C11H8FN3O3S. The molecule has 0 bridgehead atoms. The number of carbonyl (C=O) groups excluding carboxylic acids is 1. The minimum atomic E-state index is -1.40. The van der Waals surface area contributed by atoms with Gasteiger partial charge in [0.05, 0.1) is 5.56 Å². The maximum absolute atomic E-state index is 13.1. The highest BCUT2D eigenvalue weighted by Crippen LogP contribution is 2.16. The Morgan fingerprint density at radius 1 is 1.32 bits per heavy atom. The number of rotatable bonds is 3. The Labute approximate surface area is 110 Å². The van der Waals surface area contributed by atoms with E-state index in [0.29, 0.717) is 5.13 Å². The molecule has 1 aromatic carbocycles. The van der Waals surface area contributed by atoms with Gasteiger partial charge in [0.25, 0.3) is 0 Å². The van der Waals surface area contributed by atoms with Crippen LogP contribution in [0.25, 0.3) is 0 Å². The number of nitrogens with zero attached hydrogens (tertiary/aromatic N) is 1. The van der Waals surface area contributed by atoms with E-state index in [0.717, 1.165) is 12.1 Å².